The molecule has 0 saturated heterocycles. The number of nitrogens with two attached hydrogens (primary N) is 1. The average Bonchev–Trinajstić information content (AvgIpc) is 2.42. The van der Waals surface area contributed by atoms with E-state index in [9.17, 15) is 0 Å². The van der Waals surface area contributed by atoms with Crippen LogP contribution in [0.15, 0.2) is 18.2 Å². The highest BCUT2D eigenvalue weighted by molar-refractivity contribution is 5.40. The maximum atomic E-state index is 6.13. The summed E-state index contributed by atoms with van der Waals surface area (Å²) in [5.74, 6) is 1.85. The largest absolute Gasteiger partial charge is 0.497 e. The first-order valence-electron chi connectivity index (χ1n) is 6.87. The highest BCUT2D eigenvalue weighted by Gasteiger charge is 2.16. The van der Waals surface area contributed by atoms with Crippen molar-refractivity contribution in [1.29, 1.82) is 0 Å². The summed E-state index contributed by atoms with van der Waals surface area (Å²) in [7, 11) is 1.68. The zero-order chi connectivity index (χ0) is 12.8. The van der Waals surface area contributed by atoms with Crippen molar-refractivity contribution in [3.05, 3.63) is 23.8 Å². The van der Waals surface area contributed by atoms with Crippen LogP contribution < -0.4 is 15.2 Å². The molecule has 0 aliphatic heterocycles. The molecule has 2 rings (SSSR count). The van der Waals surface area contributed by atoms with Crippen molar-refractivity contribution in [1.82, 2.24) is 0 Å². The normalized spacial score (nSPS) is 16.6. The number of ether oxygens (including phenoxy) is 2. The van der Waals surface area contributed by atoms with Gasteiger partial charge in [-0.3, -0.25) is 0 Å². The third-order valence-electron chi connectivity index (χ3n) is 3.53. The van der Waals surface area contributed by atoms with Gasteiger partial charge in [-0.1, -0.05) is 6.42 Å². The van der Waals surface area contributed by atoms with Crippen molar-refractivity contribution in [2.75, 3.05) is 13.7 Å². The predicted octanol–water partition coefficient (Wildman–Crippen LogP) is 2.91. The maximum Gasteiger partial charge on any atom is 0.123 e. The molecule has 0 amide bonds. The number of rotatable bonds is 5. The lowest BCUT2D eigenvalue weighted by molar-refractivity contribution is 0.153. The first-order valence-corrected chi connectivity index (χ1v) is 6.87. The van der Waals surface area contributed by atoms with Gasteiger partial charge in [-0.05, 0) is 62.4 Å². The summed E-state index contributed by atoms with van der Waals surface area (Å²) in [6, 6.07) is 6.00. The van der Waals surface area contributed by atoms with Crippen molar-refractivity contribution < 1.29 is 9.47 Å². The van der Waals surface area contributed by atoms with Gasteiger partial charge in [0.1, 0.15) is 11.5 Å². The Labute approximate surface area is 109 Å². The number of hydrogen-bond acceptors (Lipinski definition) is 3. The molecule has 0 heterocycles. The molecule has 100 valence electrons. The van der Waals surface area contributed by atoms with E-state index >= 15 is 0 Å². The second kappa shape index (κ2) is 6.64. The summed E-state index contributed by atoms with van der Waals surface area (Å²) >= 11 is 0. The first-order chi connectivity index (χ1) is 8.83. The Bertz CT molecular complexity index is 373. The van der Waals surface area contributed by atoms with E-state index in [0.717, 1.165) is 23.5 Å². The van der Waals surface area contributed by atoms with E-state index in [0.29, 0.717) is 12.6 Å². The van der Waals surface area contributed by atoms with Crippen LogP contribution in [-0.4, -0.2) is 19.8 Å². The second-order valence-electron chi connectivity index (χ2n) is 4.89. The van der Waals surface area contributed by atoms with Gasteiger partial charge in [0.15, 0.2) is 0 Å². The molecule has 3 heteroatoms. The Morgan fingerprint density at radius 2 is 2.00 bits per heavy atom. The van der Waals surface area contributed by atoms with Gasteiger partial charge < -0.3 is 15.2 Å². The minimum atomic E-state index is 0.378. The van der Waals surface area contributed by atoms with Gasteiger partial charge in [0, 0.05) is 0 Å². The molecule has 18 heavy (non-hydrogen) atoms. The SMILES string of the molecule is COc1ccc(OC2CCCCC2)c(CCN)c1. The molecule has 3 nitrogen and oxygen atoms in total. The fraction of sp³-hybridized carbons (Fsp3) is 0.600. The van der Waals surface area contributed by atoms with Crippen LogP contribution in [0.4, 0.5) is 0 Å². The van der Waals surface area contributed by atoms with Crippen LogP contribution in [0.5, 0.6) is 11.5 Å². The molecule has 1 fully saturated rings. The van der Waals surface area contributed by atoms with E-state index in [-0.39, 0.29) is 0 Å². The van der Waals surface area contributed by atoms with E-state index < -0.39 is 0 Å². The number of methoxy groups -OCH3 is 1. The van der Waals surface area contributed by atoms with Gasteiger partial charge in [0.2, 0.25) is 0 Å². The topological polar surface area (TPSA) is 44.5 Å². The summed E-state index contributed by atoms with van der Waals surface area (Å²) in [6.45, 7) is 0.633. The van der Waals surface area contributed by atoms with Crippen LogP contribution in [0.2, 0.25) is 0 Å². The summed E-state index contributed by atoms with van der Waals surface area (Å²) in [5.41, 5.74) is 6.81. The van der Waals surface area contributed by atoms with E-state index in [4.69, 9.17) is 15.2 Å². The molecule has 0 unspecified atom stereocenters. The van der Waals surface area contributed by atoms with Crippen LogP contribution in [0, 0.1) is 0 Å². The van der Waals surface area contributed by atoms with Crippen molar-refractivity contribution in [2.45, 2.75) is 44.6 Å². The molecule has 1 aromatic carbocycles. The maximum absolute atomic E-state index is 6.13. The van der Waals surface area contributed by atoms with Gasteiger partial charge >= 0.3 is 0 Å². The molecule has 0 aromatic heterocycles. The molecule has 1 aromatic rings. The van der Waals surface area contributed by atoms with E-state index in [2.05, 4.69) is 0 Å². The first kappa shape index (κ1) is 13.2. The fourth-order valence-electron chi connectivity index (χ4n) is 2.51. The van der Waals surface area contributed by atoms with Crippen LogP contribution >= 0.6 is 0 Å². The van der Waals surface area contributed by atoms with Gasteiger partial charge in [0.25, 0.3) is 0 Å². The third kappa shape index (κ3) is 3.39. The van der Waals surface area contributed by atoms with Crippen LogP contribution in [0.1, 0.15) is 37.7 Å². The quantitative estimate of drug-likeness (QED) is 0.872. The van der Waals surface area contributed by atoms with Crippen molar-refractivity contribution in [3.8, 4) is 11.5 Å². The zero-order valence-electron chi connectivity index (χ0n) is 11.2. The zero-order valence-corrected chi connectivity index (χ0v) is 11.2. The highest BCUT2D eigenvalue weighted by atomic mass is 16.5. The lowest BCUT2D eigenvalue weighted by Gasteiger charge is -2.24. The van der Waals surface area contributed by atoms with Gasteiger partial charge in [-0.15, -0.1) is 0 Å². The Balaban J connectivity index is 2.09. The summed E-state index contributed by atoms with van der Waals surface area (Å²) in [4.78, 5) is 0. The van der Waals surface area contributed by atoms with Gasteiger partial charge in [-0.25, -0.2) is 0 Å². The Morgan fingerprint density at radius 1 is 1.22 bits per heavy atom. The fourth-order valence-corrected chi connectivity index (χ4v) is 2.51. The van der Waals surface area contributed by atoms with Gasteiger partial charge in [-0.2, -0.15) is 0 Å². The number of hydrogen-bond donors (Lipinski definition) is 1. The average molecular weight is 249 g/mol. The molecule has 1 aliphatic carbocycles. The molecule has 0 bridgehead atoms. The minimum Gasteiger partial charge on any atom is -0.497 e. The predicted molar refractivity (Wildman–Crippen MR) is 73.3 cm³/mol. The Hall–Kier alpha value is -1.22. The summed E-state index contributed by atoms with van der Waals surface area (Å²) < 4.78 is 11.4. The van der Waals surface area contributed by atoms with E-state index in [1.54, 1.807) is 7.11 Å². The number of benzene rings is 1. The molecule has 0 radical (unpaired) electrons. The molecule has 0 spiro atoms. The standard InChI is InChI=1S/C15H23NO2/c1-17-14-7-8-15(12(11-14)9-10-16)18-13-5-3-2-4-6-13/h7-8,11,13H,2-6,9-10,16H2,1H3. The van der Waals surface area contributed by atoms with Crippen LogP contribution in [-0.2, 0) is 6.42 Å². The molecule has 1 saturated carbocycles. The van der Waals surface area contributed by atoms with Gasteiger partial charge in [0.05, 0.1) is 13.2 Å². The van der Waals surface area contributed by atoms with Crippen molar-refractivity contribution >= 4 is 0 Å². The van der Waals surface area contributed by atoms with Crippen LogP contribution in [0.25, 0.3) is 0 Å². The third-order valence-corrected chi connectivity index (χ3v) is 3.53. The van der Waals surface area contributed by atoms with E-state index in [1.165, 1.54) is 32.1 Å². The molecule has 2 N–H and O–H groups in total. The second-order valence-corrected chi connectivity index (χ2v) is 4.89. The Kier molecular flexibility index (Phi) is 4.88. The lowest BCUT2D eigenvalue weighted by Crippen LogP contribution is -2.20. The monoisotopic (exact) mass is 249 g/mol. The highest BCUT2D eigenvalue weighted by Crippen LogP contribution is 2.29. The molecular weight excluding hydrogens is 226 g/mol. The Morgan fingerprint density at radius 3 is 2.67 bits per heavy atom. The summed E-state index contributed by atoms with van der Waals surface area (Å²) in [6.07, 6.45) is 7.48. The minimum absolute atomic E-state index is 0.378. The van der Waals surface area contributed by atoms with E-state index in [1.807, 2.05) is 18.2 Å². The molecular formula is C15H23NO2. The molecule has 0 atom stereocenters. The summed E-state index contributed by atoms with van der Waals surface area (Å²) in [5, 5.41) is 0. The van der Waals surface area contributed by atoms with Crippen molar-refractivity contribution in [2.24, 2.45) is 5.73 Å². The molecule has 1 aliphatic rings. The van der Waals surface area contributed by atoms with Crippen LogP contribution in [0.3, 0.4) is 0 Å². The van der Waals surface area contributed by atoms with Crippen molar-refractivity contribution in [3.63, 3.8) is 0 Å². The lowest BCUT2D eigenvalue weighted by atomic mass is 9.97. The smallest absolute Gasteiger partial charge is 0.123 e.